The fourth-order valence-electron chi connectivity index (χ4n) is 2.05. The zero-order valence-corrected chi connectivity index (χ0v) is 9.47. The summed E-state index contributed by atoms with van der Waals surface area (Å²) in [5, 5.41) is 9.17. The van der Waals surface area contributed by atoms with Gasteiger partial charge < -0.3 is 15.4 Å². The molecular weight excluding hydrogens is 220 g/mol. The second-order valence-corrected chi connectivity index (χ2v) is 4.05. The summed E-state index contributed by atoms with van der Waals surface area (Å²) < 4.78 is 0. The zero-order chi connectivity index (χ0) is 12.3. The summed E-state index contributed by atoms with van der Waals surface area (Å²) in [5.41, 5.74) is 3.49. The Morgan fingerprint density at radius 3 is 3.06 bits per heavy atom. The average molecular weight is 236 g/mol. The molecule has 1 amide bonds. The Morgan fingerprint density at radius 2 is 2.47 bits per heavy atom. The van der Waals surface area contributed by atoms with Gasteiger partial charge in [0.1, 0.15) is 5.69 Å². The predicted octanol–water partition coefficient (Wildman–Crippen LogP) is -0.0359. The summed E-state index contributed by atoms with van der Waals surface area (Å²) in [7, 11) is 0. The zero-order valence-electron chi connectivity index (χ0n) is 9.47. The van der Waals surface area contributed by atoms with Crippen molar-refractivity contribution in [1.82, 2.24) is 9.88 Å². The number of aromatic nitrogens is 1. The highest BCUT2D eigenvalue weighted by atomic mass is 16.3. The first kappa shape index (κ1) is 11.8. The predicted molar refractivity (Wildman–Crippen MR) is 63.2 cm³/mol. The van der Waals surface area contributed by atoms with Crippen molar-refractivity contribution in [2.24, 2.45) is 5.84 Å². The molecule has 17 heavy (non-hydrogen) atoms. The van der Waals surface area contributed by atoms with Crippen molar-refractivity contribution < 1.29 is 9.90 Å². The van der Waals surface area contributed by atoms with Crippen LogP contribution < -0.4 is 11.3 Å². The molecule has 1 fully saturated rings. The number of amides is 1. The van der Waals surface area contributed by atoms with Gasteiger partial charge in [0.25, 0.3) is 5.91 Å². The SMILES string of the molecule is NNc1ccc(C(=O)N2CCCC2CO)nc1. The van der Waals surface area contributed by atoms with Crippen LogP contribution in [0.4, 0.5) is 5.69 Å². The largest absolute Gasteiger partial charge is 0.394 e. The molecule has 4 N–H and O–H groups in total. The van der Waals surface area contributed by atoms with Gasteiger partial charge in [0.05, 0.1) is 24.5 Å². The molecule has 0 radical (unpaired) electrons. The quantitative estimate of drug-likeness (QED) is 0.506. The minimum atomic E-state index is -0.134. The number of likely N-dealkylation sites (tertiary alicyclic amines) is 1. The Hall–Kier alpha value is -1.66. The van der Waals surface area contributed by atoms with E-state index in [1.807, 2.05) is 0 Å². The van der Waals surface area contributed by atoms with E-state index in [1.165, 1.54) is 6.20 Å². The van der Waals surface area contributed by atoms with Crippen LogP contribution in [0.2, 0.25) is 0 Å². The standard InChI is InChI=1S/C11H16N4O2/c12-14-8-3-4-10(13-6-8)11(17)15-5-1-2-9(15)7-16/h3-4,6,9,14,16H,1-2,5,7,12H2. The van der Waals surface area contributed by atoms with Crippen LogP contribution in [0.3, 0.4) is 0 Å². The fourth-order valence-corrected chi connectivity index (χ4v) is 2.05. The molecule has 1 unspecified atom stereocenters. The molecule has 0 aliphatic carbocycles. The number of nitrogens with one attached hydrogen (secondary N) is 1. The molecule has 1 aliphatic heterocycles. The van der Waals surface area contributed by atoms with E-state index in [4.69, 9.17) is 5.84 Å². The number of carbonyl (C=O) groups excluding carboxylic acids is 1. The van der Waals surface area contributed by atoms with Crippen LogP contribution in [0.1, 0.15) is 23.3 Å². The van der Waals surface area contributed by atoms with Crippen LogP contribution >= 0.6 is 0 Å². The Labute approximate surface area is 99.4 Å². The minimum absolute atomic E-state index is 0.00811. The summed E-state index contributed by atoms with van der Waals surface area (Å²) >= 11 is 0. The van der Waals surface area contributed by atoms with Crippen LogP contribution in [-0.2, 0) is 0 Å². The third kappa shape index (κ3) is 2.37. The van der Waals surface area contributed by atoms with Gasteiger partial charge in [-0.2, -0.15) is 0 Å². The van der Waals surface area contributed by atoms with Crippen LogP contribution in [0.5, 0.6) is 0 Å². The van der Waals surface area contributed by atoms with Crippen molar-refractivity contribution in [3.05, 3.63) is 24.0 Å². The number of nitrogens with zero attached hydrogens (tertiary/aromatic N) is 2. The molecule has 0 spiro atoms. The van der Waals surface area contributed by atoms with E-state index < -0.39 is 0 Å². The van der Waals surface area contributed by atoms with Gasteiger partial charge >= 0.3 is 0 Å². The van der Waals surface area contributed by atoms with Crippen molar-refractivity contribution >= 4 is 11.6 Å². The van der Waals surface area contributed by atoms with Gasteiger partial charge in [-0.15, -0.1) is 0 Å². The monoisotopic (exact) mass is 236 g/mol. The molecule has 1 atom stereocenters. The van der Waals surface area contributed by atoms with Crippen molar-refractivity contribution in [3.8, 4) is 0 Å². The number of hydrazine groups is 1. The van der Waals surface area contributed by atoms with Crippen LogP contribution in [0, 0.1) is 0 Å². The van der Waals surface area contributed by atoms with Gasteiger partial charge in [-0.25, -0.2) is 4.98 Å². The number of aliphatic hydroxyl groups is 1. The molecule has 6 nitrogen and oxygen atoms in total. The van der Waals surface area contributed by atoms with Gasteiger partial charge in [-0.1, -0.05) is 0 Å². The molecule has 1 saturated heterocycles. The van der Waals surface area contributed by atoms with Gasteiger partial charge in [-0.3, -0.25) is 10.6 Å². The molecule has 6 heteroatoms. The third-order valence-corrected chi connectivity index (χ3v) is 3.00. The normalized spacial score (nSPS) is 19.4. The van der Waals surface area contributed by atoms with E-state index in [1.54, 1.807) is 17.0 Å². The molecule has 0 saturated carbocycles. The minimum Gasteiger partial charge on any atom is -0.394 e. The third-order valence-electron chi connectivity index (χ3n) is 3.00. The molecular formula is C11H16N4O2. The molecule has 92 valence electrons. The van der Waals surface area contributed by atoms with Gasteiger partial charge in [-0.05, 0) is 25.0 Å². The highest BCUT2D eigenvalue weighted by molar-refractivity contribution is 5.92. The van der Waals surface area contributed by atoms with Crippen molar-refractivity contribution in [3.63, 3.8) is 0 Å². The lowest BCUT2D eigenvalue weighted by Crippen LogP contribution is -2.38. The first-order chi connectivity index (χ1) is 8.26. The Kier molecular flexibility index (Phi) is 3.55. The molecule has 1 aliphatic rings. The molecule has 0 aromatic carbocycles. The average Bonchev–Trinajstić information content (AvgIpc) is 2.86. The molecule has 1 aromatic rings. The first-order valence-electron chi connectivity index (χ1n) is 5.60. The fraction of sp³-hybridized carbons (Fsp3) is 0.455. The molecule has 0 bridgehead atoms. The Balaban J connectivity index is 2.13. The second kappa shape index (κ2) is 5.11. The number of pyridine rings is 1. The Bertz CT molecular complexity index is 393. The summed E-state index contributed by atoms with van der Waals surface area (Å²) in [4.78, 5) is 17.8. The van der Waals surface area contributed by atoms with E-state index in [-0.39, 0.29) is 18.6 Å². The lowest BCUT2D eigenvalue weighted by atomic mass is 10.2. The number of carbonyl (C=O) groups is 1. The van der Waals surface area contributed by atoms with Gasteiger partial charge in [0.15, 0.2) is 0 Å². The summed E-state index contributed by atoms with van der Waals surface area (Å²) in [6.07, 6.45) is 3.29. The lowest BCUT2D eigenvalue weighted by Gasteiger charge is -2.22. The van der Waals surface area contributed by atoms with Crippen molar-refractivity contribution in [1.29, 1.82) is 0 Å². The van der Waals surface area contributed by atoms with E-state index in [0.29, 0.717) is 17.9 Å². The summed E-state index contributed by atoms with van der Waals surface area (Å²) in [6.45, 7) is 0.691. The molecule has 2 heterocycles. The summed E-state index contributed by atoms with van der Waals surface area (Å²) in [5.74, 6) is 5.09. The lowest BCUT2D eigenvalue weighted by molar-refractivity contribution is 0.0672. The molecule has 2 rings (SSSR count). The number of nitrogen functional groups attached to an aromatic ring is 1. The maximum atomic E-state index is 12.1. The van der Waals surface area contributed by atoms with Crippen LogP contribution in [0.25, 0.3) is 0 Å². The van der Waals surface area contributed by atoms with Crippen LogP contribution in [-0.4, -0.2) is 40.1 Å². The number of rotatable bonds is 3. The topological polar surface area (TPSA) is 91.5 Å². The van der Waals surface area contributed by atoms with Crippen molar-refractivity contribution in [2.45, 2.75) is 18.9 Å². The number of nitrogens with two attached hydrogens (primary N) is 1. The first-order valence-corrected chi connectivity index (χ1v) is 5.60. The van der Waals surface area contributed by atoms with Gasteiger partial charge in [0, 0.05) is 6.54 Å². The van der Waals surface area contributed by atoms with E-state index in [0.717, 1.165) is 12.8 Å². The maximum absolute atomic E-state index is 12.1. The number of aliphatic hydroxyl groups excluding tert-OH is 1. The maximum Gasteiger partial charge on any atom is 0.272 e. The smallest absolute Gasteiger partial charge is 0.272 e. The van der Waals surface area contributed by atoms with E-state index >= 15 is 0 Å². The van der Waals surface area contributed by atoms with E-state index in [9.17, 15) is 9.90 Å². The molecule has 1 aromatic heterocycles. The number of hydrogen-bond donors (Lipinski definition) is 3. The van der Waals surface area contributed by atoms with Crippen molar-refractivity contribution in [2.75, 3.05) is 18.6 Å². The Morgan fingerprint density at radius 1 is 1.65 bits per heavy atom. The van der Waals surface area contributed by atoms with E-state index in [2.05, 4.69) is 10.4 Å². The number of hydrogen-bond acceptors (Lipinski definition) is 5. The summed E-state index contributed by atoms with van der Waals surface area (Å²) in [6, 6.07) is 3.26. The highest BCUT2D eigenvalue weighted by Crippen LogP contribution is 2.19. The van der Waals surface area contributed by atoms with Crippen LogP contribution in [0.15, 0.2) is 18.3 Å². The van der Waals surface area contributed by atoms with Gasteiger partial charge in [0.2, 0.25) is 0 Å². The number of anilines is 1. The highest BCUT2D eigenvalue weighted by Gasteiger charge is 2.29. The second-order valence-electron chi connectivity index (χ2n) is 4.05.